The molecule has 18 heavy (non-hydrogen) atoms. The number of benzene rings is 1. The van der Waals surface area contributed by atoms with Crippen LogP contribution < -0.4 is 21.5 Å². The third-order valence-electron chi connectivity index (χ3n) is 3.35. The Balaban J connectivity index is 3.13. The van der Waals surface area contributed by atoms with E-state index < -0.39 is 11.4 Å². The number of rotatable bonds is 5. The summed E-state index contributed by atoms with van der Waals surface area (Å²) in [6, 6.07) is 5.36. The first-order valence-corrected chi connectivity index (χ1v) is 5.83. The molecular weight excluding hydrogens is 230 g/mol. The summed E-state index contributed by atoms with van der Waals surface area (Å²) in [6.45, 7) is 5.61. The molecule has 5 nitrogen and oxygen atoms in total. The molecule has 5 N–H and O–H groups in total. The van der Waals surface area contributed by atoms with E-state index in [-0.39, 0.29) is 5.92 Å². The molecule has 1 aromatic carbocycles. The van der Waals surface area contributed by atoms with Crippen molar-refractivity contribution < 1.29 is 9.53 Å². The van der Waals surface area contributed by atoms with Crippen LogP contribution in [0.1, 0.15) is 20.8 Å². The van der Waals surface area contributed by atoms with Gasteiger partial charge in [0.15, 0.2) is 0 Å². The van der Waals surface area contributed by atoms with Gasteiger partial charge in [0, 0.05) is 0 Å². The molecule has 0 saturated heterocycles. The second kappa shape index (κ2) is 5.16. The van der Waals surface area contributed by atoms with Crippen LogP contribution in [0.3, 0.4) is 0 Å². The van der Waals surface area contributed by atoms with Crippen molar-refractivity contribution in [3.8, 4) is 5.75 Å². The number of carbonyl (C=O) groups excluding carboxylic acids is 1. The third-order valence-corrected chi connectivity index (χ3v) is 3.35. The summed E-state index contributed by atoms with van der Waals surface area (Å²) in [7, 11) is 1.55. The van der Waals surface area contributed by atoms with Crippen LogP contribution in [0.15, 0.2) is 18.2 Å². The number of anilines is 2. The second-order valence-electron chi connectivity index (χ2n) is 4.77. The van der Waals surface area contributed by atoms with E-state index in [1.807, 2.05) is 13.8 Å². The third kappa shape index (κ3) is 2.50. The fourth-order valence-electron chi connectivity index (χ4n) is 1.60. The van der Waals surface area contributed by atoms with E-state index in [4.69, 9.17) is 16.2 Å². The Kier molecular flexibility index (Phi) is 4.06. The van der Waals surface area contributed by atoms with Crippen molar-refractivity contribution in [3.05, 3.63) is 18.2 Å². The predicted molar refractivity (Wildman–Crippen MR) is 73.5 cm³/mol. The van der Waals surface area contributed by atoms with Gasteiger partial charge < -0.3 is 21.5 Å². The zero-order chi connectivity index (χ0) is 13.9. The number of methoxy groups -OCH3 is 1. The standard InChI is InChI=1S/C13H21N3O2/c1-8(2)13(3,12(15)17)16-9-6-5-7-10(18-4)11(9)14/h5-8,16H,14H2,1-4H3,(H2,15,17). The number of ether oxygens (including phenoxy) is 1. The van der Waals surface area contributed by atoms with E-state index in [0.717, 1.165) is 0 Å². The van der Waals surface area contributed by atoms with Crippen LogP contribution in [0.5, 0.6) is 5.75 Å². The van der Waals surface area contributed by atoms with Gasteiger partial charge in [-0.05, 0) is 25.0 Å². The summed E-state index contributed by atoms with van der Waals surface area (Å²) in [5, 5.41) is 3.12. The Hall–Kier alpha value is -1.91. The van der Waals surface area contributed by atoms with Gasteiger partial charge in [-0.2, -0.15) is 0 Å². The summed E-state index contributed by atoms with van der Waals surface area (Å²) in [4.78, 5) is 11.6. The van der Waals surface area contributed by atoms with Crippen LogP contribution in [-0.4, -0.2) is 18.6 Å². The number of para-hydroxylation sites is 1. The van der Waals surface area contributed by atoms with Gasteiger partial charge >= 0.3 is 0 Å². The number of hydrogen-bond acceptors (Lipinski definition) is 4. The van der Waals surface area contributed by atoms with Crippen LogP contribution in [0.25, 0.3) is 0 Å². The lowest BCUT2D eigenvalue weighted by Crippen LogP contribution is -2.52. The maximum Gasteiger partial charge on any atom is 0.243 e. The van der Waals surface area contributed by atoms with E-state index in [1.54, 1.807) is 32.2 Å². The largest absolute Gasteiger partial charge is 0.495 e. The average molecular weight is 251 g/mol. The van der Waals surface area contributed by atoms with Gasteiger partial charge in [-0.25, -0.2) is 0 Å². The molecule has 100 valence electrons. The monoisotopic (exact) mass is 251 g/mol. The first kappa shape index (κ1) is 14.2. The summed E-state index contributed by atoms with van der Waals surface area (Å²) in [6.07, 6.45) is 0. The van der Waals surface area contributed by atoms with Crippen molar-refractivity contribution in [1.29, 1.82) is 0 Å². The molecule has 1 rings (SSSR count). The van der Waals surface area contributed by atoms with Crippen LogP contribution in [0.4, 0.5) is 11.4 Å². The number of carbonyl (C=O) groups is 1. The molecule has 0 aliphatic rings. The maximum atomic E-state index is 11.6. The lowest BCUT2D eigenvalue weighted by atomic mass is 9.87. The fourth-order valence-corrected chi connectivity index (χ4v) is 1.60. The highest BCUT2D eigenvalue weighted by molar-refractivity contribution is 5.89. The van der Waals surface area contributed by atoms with Gasteiger partial charge in [0.05, 0.1) is 18.5 Å². The number of nitrogens with two attached hydrogens (primary N) is 2. The lowest BCUT2D eigenvalue weighted by molar-refractivity contribution is -0.123. The Bertz CT molecular complexity index is 446. The number of primary amides is 1. The Morgan fingerprint density at radius 1 is 1.44 bits per heavy atom. The molecule has 0 spiro atoms. The van der Waals surface area contributed by atoms with Gasteiger partial charge in [-0.3, -0.25) is 4.79 Å². The summed E-state index contributed by atoms with van der Waals surface area (Å²) in [5.74, 6) is 0.177. The predicted octanol–water partition coefficient (Wildman–Crippen LogP) is 1.59. The number of nitrogen functional groups attached to an aromatic ring is 1. The average Bonchev–Trinajstić information content (AvgIpc) is 2.31. The Morgan fingerprint density at radius 3 is 2.50 bits per heavy atom. The highest BCUT2D eigenvalue weighted by Crippen LogP contribution is 2.32. The molecule has 5 heteroatoms. The highest BCUT2D eigenvalue weighted by Gasteiger charge is 2.35. The van der Waals surface area contributed by atoms with Crippen LogP contribution in [0, 0.1) is 5.92 Å². The summed E-state index contributed by atoms with van der Waals surface area (Å²) >= 11 is 0. The lowest BCUT2D eigenvalue weighted by Gasteiger charge is -2.33. The molecule has 1 atom stereocenters. The van der Waals surface area contributed by atoms with Gasteiger partial charge in [0.1, 0.15) is 11.3 Å². The minimum absolute atomic E-state index is 0.0283. The quantitative estimate of drug-likeness (QED) is 0.693. The van der Waals surface area contributed by atoms with Gasteiger partial charge in [-0.1, -0.05) is 19.9 Å². The minimum Gasteiger partial charge on any atom is -0.495 e. The molecule has 0 heterocycles. The van der Waals surface area contributed by atoms with E-state index in [9.17, 15) is 4.79 Å². The highest BCUT2D eigenvalue weighted by atomic mass is 16.5. The number of amides is 1. The normalized spacial score (nSPS) is 14.1. The first-order valence-electron chi connectivity index (χ1n) is 5.83. The minimum atomic E-state index is -0.861. The van der Waals surface area contributed by atoms with Crippen molar-refractivity contribution in [1.82, 2.24) is 0 Å². The zero-order valence-electron chi connectivity index (χ0n) is 11.3. The van der Waals surface area contributed by atoms with Crippen molar-refractivity contribution in [2.45, 2.75) is 26.3 Å². The Morgan fingerprint density at radius 2 is 2.06 bits per heavy atom. The molecule has 0 aromatic heterocycles. The summed E-state index contributed by atoms with van der Waals surface area (Å²) < 4.78 is 5.14. The molecule has 0 fully saturated rings. The van der Waals surface area contributed by atoms with E-state index in [0.29, 0.717) is 17.1 Å². The molecule has 0 aliphatic heterocycles. The SMILES string of the molecule is COc1cccc(NC(C)(C(N)=O)C(C)C)c1N. The maximum absolute atomic E-state index is 11.6. The topological polar surface area (TPSA) is 90.4 Å². The van der Waals surface area contributed by atoms with Crippen molar-refractivity contribution in [3.63, 3.8) is 0 Å². The van der Waals surface area contributed by atoms with E-state index >= 15 is 0 Å². The van der Waals surface area contributed by atoms with Gasteiger partial charge in [0.25, 0.3) is 0 Å². The number of nitrogens with one attached hydrogen (secondary N) is 1. The molecule has 1 aromatic rings. The fraction of sp³-hybridized carbons (Fsp3) is 0.462. The Labute approximate surface area is 107 Å². The molecule has 1 amide bonds. The smallest absolute Gasteiger partial charge is 0.243 e. The van der Waals surface area contributed by atoms with E-state index in [1.165, 1.54) is 0 Å². The van der Waals surface area contributed by atoms with Crippen LogP contribution >= 0.6 is 0 Å². The second-order valence-corrected chi connectivity index (χ2v) is 4.77. The number of hydrogen-bond donors (Lipinski definition) is 3. The molecule has 0 bridgehead atoms. The zero-order valence-corrected chi connectivity index (χ0v) is 11.3. The van der Waals surface area contributed by atoms with Crippen molar-refractivity contribution in [2.75, 3.05) is 18.2 Å². The molecule has 0 radical (unpaired) electrons. The van der Waals surface area contributed by atoms with Crippen molar-refractivity contribution >= 4 is 17.3 Å². The summed E-state index contributed by atoms with van der Waals surface area (Å²) in [5.41, 5.74) is 11.7. The first-order chi connectivity index (χ1) is 8.32. The molecular formula is C13H21N3O2. The molecule has 0 aliphatic carbocycles. The van der Waals surface area contributed by atoms with Gasteiger partial charge in [-0.15, -0.1) is 0 Å². The molecule has 0 saturated carbocycles. The van der Waals surface area contributed by atoms with Gasteiger partial charge in [0.2, 0.25) is 5.91 Å². The van der Waals surface area contributed by atoms with E-state index in [2.05, 4.69) is 5.32 Å². The van der Waals surface area contributed by atoms with Crippen LogP contribution in [0.2, 0.25) is 0 Å². The van der Waals surface area contributed by atoms with Crippen molar-refractivity contribution in [2.24, 2.45) is 11.7 Å². The van der Waals surface area contributed by atoms with Crippen LogP contribution in [-0.2, 0) is 4.79 Å². The molecule has 1 unspecified atom stereocenters.